The Morgan fingerprint density at radius 3 is 1.00 bits per heavy atom. The summed E-state index contributed by atoms with van der Waals surface area (Å²) in [7, 11) is 2.65. The number of nitrogens with zero attached hydrogens (tertiary/aromatic N) is 4. The van der Waals surface area contributed by atoms with Crippen LogP contribution in [0.1, 0.15) is 53.4 Å². The molecule has 2 fully saturated rings. The second-order valence-corrected chi connectivity index (χ2v) is 8.05. The molecule has 2 atom stereocenters. The normalized spacial score (nSPS) is 20.0. The molecule has 0 saturated carbocycles. The Morgan fingerprint density at radius 2 is 0.789 bits per heavy atom. The Hall–Kier alpha value is -2.36. The second-order valence-electron chi connectivity index (χ2n) is 8.05. The third-order valence-electron chi connectivity index (χ3n) is 6.18. The molecule has 0 aromatic heterocycles. The molecule has 2 aliphatic rings. The minimum absolute atomic E-state index is 0.0381. The van der Waals surface area contributed by atoms with E-state index in [1.165, 1.54) is 14.2 Å². The van der Waals surface area contributed by atoms with Crippen LogP contribution in [0, 0.1) is 0 Å². The Bertz CT molecular complexity index is 598. The van der Waals surface area contributed by atoms with Crippen LogP contribution in [0.2, 0.25) is 0 Å². The Morgan fingerprint density at radius 1 is 0.553 bits per heavy atom. The summed E-state index contributed by atoms with van der Waals surface area (Å²) in [6.07, 6.45) is -0.313. The lowest BCUT2D eigenvalue weighted by Gasteiger charge is -2.58. The van der Waals surface area contributed by atoms with Gasteiger partial charge in [0.1, 0.15) is 0 Å². The standard InChI is InChI=1S/C20H34N4O10.2C2H6/c1-31-15(25)3-7-21-11-12-22(8-4-16(26)32-2)20-19(21)23(9-5-17(27)33-29)13-14-24(20)10-6-18(28)34-30;2*1-2/h19-20,29-30H,3-14H2,1-2H3;2*1-2H3. The molecule has 2 saturated heterocycles. The molecule has 0 aromatic rings. The van der Waals surface area contributed by atoms with Crippen LogP contribution >= 0.6 is 0 Å². The van der Waals surface area contributed by atoms with E-state index < -0.39 is 11.9 Å². The molecule has 2 heterocycles. The largest absolute Gasteiger partial charge is 0.469 e. The number of fused-ring (bicyclic) bond motifs is 1. The predicted octanol–water partition coefficient (Wildman–Crippen LogP) is 0.865. The summed E-state index contributed by atoms with van der Waals surface area (Å²) >= 11 is 0. The molecule has 2 rings (SSSR count). The number of rotatable bonds is 12. The maximum atomic E-state index is 11.8. The van der Waals surface area contributed by atoms with Crippen LogP contribution in [0.3, 0.4) is 0 Å². The fourth-order valence-corrected chi connectivity index (χ4v) is 4.47. The lowest BCUT2D eigenvalue weighted by molar-refractivity contribution is -0.236. The summed E-state index contributed by atoms with van der Waals surface area (Å²) in [5.41, 5.74) is 0. The number of carbonyl (C=O) groups is 4. The Balaban J connectivity index is 0.00000326. The van der Waals surface area contributed by atoms with E-state index in [1.54, 1.807) is 0 Å². The van der Waals surface area contributed by atoms with E-state index in [4.69, 9.17) is 20.0 Å². The first-order valence-electron chi connectivity index (χ1n) is 13.1. The number of ether oxygens (including phenoxy) is 2. The highest BCUT2D eigenvalue weighted by molar-refractivity contribution is 5.70. The van der Waals surface area contributed by atoms with E-state index in [9.17, 15) is 19.2 Å². The molecule has 38 heavy (non-hydrogen) atoms. The maximum absolute atomic E-state index is 11.8. The first-order chi connectivity index (χ1) is 18.3. The van der Waals surface area contributed by atoms with Crippen molar-refractivity contribution in [2.24, 2.45) is 0 Å². The molecule has 0 bridgehead atoms. The molecule has 222 valence electrons. The Labute approximate surface area is 225 Å². The minimum Gasteiger partial charge on any atom is -0.469 e. The molecule has 14 heteroatoms. The summed E-state index contributed by atoms with van der Waals surface area (Å²) in [4.78, 5) is 62.7. The molecular formula is C24H46N4O10. The highest BCUT2D eigenvalue weighted by Crippen LogP contribution is 2.28. The first-order valence-corrected chi connectivity index (χ1v) is 13.1. The number of piperazine rings is 2. The highest BCUT2D eigenvalue weighted by atomic mass is 17.1. The third kappa shape index (κ3) is 11.6. The van der Waals surface area contributed by atoms with Crippen molar-refractivity contribution in [3.05, 3.63) is 0 Å². The first kappa shape index (κ1) is 35.6. The molecule has 2 aliphatic heterocycles. The fourth-order valence-electron chi connectivity index (χ4n) is 4.47. The van der Waals surface area contributed by atoms with Gasteiger partial charge in [0, 0.05) is 52.4 Å². The zero-order valence-electron chi connectivity index (χ0n) is 23.6. The van der Waals surface area contributed by atoms with Crippen molar-refractivity contribution >= 4 is 23.9 Å². The van der Waals surface area contributed by atoms with Gasteiger partial charge in [-0.1, -0.05) is 27.7 Å². The van der Waals surface area contributed by atoms with E-state index in [0.29, 0.717) is 52.4 Å². The summed E-state index contributed by atoms with van der Waals surface area (Å²) in [6.45, 7) is 11.7. The van der Waals surface area contributed by atoms with Crippen LogP contribution in [-0.4, -0.2) is 133 Å². The van der Waals surface area contributed by atoms with Gasteiger partial charge in [-0.25, -0.2) is 9.59 Å². The topological polar surface area (TPSA) is 159 Å². The number of hydrogen-bond acceptors (Lipinski definition) is 14. The van der Waals surface area contributed by atoms with Crippen molar-refractivity contribution in [1.82, 2.24) is 19.6 Å². The van der Waals surface area contributed by atoms with Crippen LogP contribution in [0.25, 0.3) is 0 Å². The van der Waals surface area contributed by atoms with E-state index in [-0.39, 0.29) is 50.0 Å². The van der Waals surface area contributed by atoms with Gasteiger partial charge in [-0.3, -0.25) is 29.2 Å². The lowest BCUT2D eigenvalue weighted by Crippen LogP contribution is -2.74. The van der Waals surface area contributed by atoms with Gasteiger partial charge in [-0.15, -0.1) is 0 Å². The second kappa shape index (κ2) is 20.6. The van der Waals surface area contributed by atoms with Crippen molar-refractivity contribution in [2.45, 2.75) is 65.7 Å². The third-order valence-corrected chi connectivity index (χ3v) is 6.18. The number of hydrogen-bond donors (Lipinski definition) is 2. The molecular weight excluding hydrogens is 504 g/mol. The number of esters is 2. The van der Waals surface area contributed by atoms with Crippen LogP contribution in [-0.2, 0) is 38.4 Å². The van der Waals surface area contributed by atoms with E-state index in [1.807, 2.05) is 27.7 Å². The lowest BCUT2D eigenvalue weighted by atomic mass is 10.1. The van der Waals surface area contributed by atoms with Crippen molar-refractivity contribution in [2.75, 3.05) is 66.6 Å². The molecule has 2 N–H and O–H groups in total. The van der Waals surface area contributed by atoms with E-state index in [0.717, 1.165) is 0 Å². The SMILES string of the molecule is CC.CC.COC(=O)CCN1CCN(CCC(=O)OC)C2C1N(CCC(=O)OO)CCN2CCC(=O)OO. The number of carbonyl (C=O) groups excluding carboxylic acids is 4. The smallest absolute Gasteiger partial charge is 0.343 e. The van der Waals surface area contributed by atoms with Gasteiger partial charge in [0.25, 0.3) is 0 Å². The van der Waals surface area contributed by atoms with Crippen LogP contribution in [0.15, 0.2) is 0 Å². The Kier molecular flexibility index (Phi) is 19.3. The average molecular weight is 551 g/mol. The summed E-state index contributed by atoms with van der Waals surface area (Å²) < 4.78 is 9.56. The van der Waals surface area contributed by atoms with Gasteiger partial charge >= 0.3 is 23.9 Å². The quantitative estimate of drug-likeness (QED) is 0.152. The summed E-state index contributed by atoms with van der Waals surface area (Å²) in [5, 5.41) is 17.3. The van der Waals surface area contributed by atoms with Gasteiger partial charge in [0.05, 0.1) is 52.2 Å². The molecule has 0 radical (unpaired) electrons. The molecule has 2 unspecified atom stereocenters. The van der Waals surface area contributed by atoms with Gasteiger partial charge in [-0.2, -0.15) is 10.5 Å². The summed E-state index contributed by atoms with van der Waals surface area (Å²) in [6, 6.07) is 0. The molecule has 0 spiro atoms. The average Bonchev–Trinajstić information content (AvgIpc) is 2.98. The van der Waals surface area contributed by atoms with E-state index >= 15 is 0 Å². The summed E-state index contributed by atoms with van der Waals surface area (Å²) in [5.74, 6) is -2.22. The van der Waals surface area contributed by atoms with Gasteiger partial charge in [0.2, 0.25) is 0 Å². The zero-order chi connectivity index (χ0) is 29.1. The van der Waals surface area contributed by atoms with Gasteiger partial charge in [-0.05, 0) is 0 Å². The highest BCUT2D eigenvalue weighted by Gasteiger charge is 2.46. The van der Waals surface area contributed by atoms with Crippen LogP contribution in [0.4, 0.5) is 0 Å². The van der Waals surface area contributed by atoms with Crippen molar-refractivity contribution in [1.29, 1.82) is 0 Å². The van der Waals surface area contributed by atoms with Crippen molar-refractivity contribution in [3.8, 4) is 0 Å². The minimum atomic E-state index is -0.760. The van der Waals surface area contributed by atoms with Crippen LogP contribution in [0.5, 0.6) is 0 Å². The molecule has 0 aromatic carbocycles. The monoisotopic (exact) mass is 550 g/mol. The van der Waals surface area contributed by atoms with E-state index in [2.05, 4.69) is 29.4 Å². The predicted molar refractivity (Wildman–Crippen MR) is 137 cm³/mol. The van der Waals surface area contributed by atoms with Gasteiger partial charge in [0.15, 0.2) is 0 Å². The molecule has 0 aliphatic carbocycles. The molecule has 14 nitrogen and oxygen atoms in total. The van der Waals surface area contributed by atoms with Crippen molar-refractivity contribution in [3.63, 3.8) is 0 Å². The van der Waals surface area contributed by atoms with Crippen molar-refractivity contribution < 1.29 is 48.9 Å². The maximum Gasteiger partial charge on any atom is 0.343 e. The molecule has 0 amide bonds. The number of methoxy groups -OCH3 is 2. The fraction of sp³-hybridized carbons (Fsp3) is 0.833. The van der Waals surface area contributed by atoms with Gasteiger partial charge < -0.3 is 19.2 Å². The van der Waals surface area contributed by atoms with Crippen LogP contribution < -0.4 is 0 Å². The zero-order valence-corrected chi connectivity index (χ0v) is 23.6.